The number of nitrogens with one attached hydrogen (secondary N) is 1. The Hall–Kier alpha value is -1.09. The van der Waals surface area contributed by atoms with E-state index < -0.39 is 0 Å². The quantitative estimate of drug-likeness (QED) is 0.745. The van der Waals surface area contributed by atoms with E-state index in [2.05, 4.69) is 37.1 Å². The molecular formula is C17H30N2O. The number of aromatic nitrogens is 1. The van der Waals surface area contributed by atoms with Crippen molar-refractivity contribution in [2.75, 3.05) is 6.54 Å². The van der Waals surface area contributed by atoms with Crippen molar-refractivity contribution in [3.8, 4) is 5.75 Å². The minimum absolute atomic E-state index is 0.196. The second kappa shape index (κ2) is 8.96. The molecule has 0 aliphatic rings. The molecule has 20 heavy (non-hydrogen) atoms. The van der Waals surface area contributed by atoms with Gasteiger partial charge < -0.3 is 10.1 Å². The molecule has 1 aromatic rings. The highest BCUT2D eigenvalue weighted by molar-refractivity contribution is 5.23. The maximum absolute atomic E-state index is 5.70. The number of rotatable bonds is 9. The van der Waals surface area contributed by atoms with Gasteiger partial charge in [0.1, 0.15) is 5.75 Å². The van der Waals surface area contributed by atoms with E-state index in [1.54, 1.807) is 6.20 Å². The summed E-state index contributed by atoms with van der Waals surface area (Å²) in [4.78, 5) is 4.28. The molecule has 0 spiro atoms. The van der Waals surface area contributed by atoms with Crippen molar-refractivity contribution in [2.24, 2.45) is 5.92 Å². The number of hydrogen-bond acceptors (Lipinski definition) is 3. The van der Waals surface area contributed by atoms with Crippen LogP contribution in [0.5, 0.6) is 5.75 Å². The van der Waals surface area contributed by atoms with E-state index in [-0.39, 0.29) is 6.10 Å². The summed E-state index contributed by atoms with van der Waals surface area (Å²) >= 11 is 0. The molecule has 1 unspecified atom stereocenters. The molecule has 1 aromatic heterocycles. The molecule has 3 nitrogen and oxygen atoms in total. The van der Waals surface area contributed by atoms with Crippen LogP contribution < -0.4 is 10.1 Å². The minimum atomic E-state index is 0.196. The number of aryl methyl sites for hydroxylation is 1. The summed E-state index contributed by atoms with van der Waals surface area (Å²) in [5, 5.41) is 3.63. The van der Waals surface area contributed by atoms with Gasteiger partial charge >= 0.3 is 0 Å². The highest BCUT2D eigenvalue weighted by Gasteiger charge is 2.12. The van der Waals surface area contributed by atoms with Crippen LogP contribution in [0.15, 0.2) is 18.5 Å². The Morgan fingerprint density at radius 3 is 2.55 bits per heavy atom. The number of nitrogens with zero attached hydrogens (tertiary/aromatic N) is 1. The predicted octanol–water partition coefficient (Wildman–Crippen LogP) is 3.83. The molecular weight excluding hydrogens is 248 g/mol. The normalized spacial score (nSPS) is 12.9. The summed E-state index contributed by atoms with van der Waals surface area (Å²) in [6, 6.07) is 2.69. The van der Waals surface area contributed by atoms with E-state index >= 15 is 0 Å². The number of hydrogen-bond donors (Lipinski definition) is 1. The second-order valence-electron chi connectivity index (χ2n) is 6.04. The third kappa shape index (κ3) is 6.38. The van der Waals surface area contributed by atoms with Crippen molar-refractivity contribution in [1.29, 1.82) is 0 Å². The molecule has 1 atom stereocenters. The largest absolute Gasteiger partial charge is 0.489 e. The van der Waals surface area contributed by atoms with Crippen LogP contribution in [0.1, 0.15) is 53.0 Å². The lowest BCUT2D eigenvalue weighted by molar-refractivity contribution is 0.241. The van der Waals surface area contributed by atoms with Gasteiger partial charge in [-0.25, -0.2) is 0 Å². The molecule has 0 aliphatic carbocycles. The highest BCUT2D eigenvalue weighted by atomic mass is 16.5. The van der Waals surface area contributed by atoms with Crippen LogP contribution >= 0.6 is 0 Å². The zero-order chi connectivity index (χ0) is 15.0. The van der Waals surface area contributed by atoms with Crippen LogP contribution in [-0.4, -0.2) is 23.7 Å². The van der Waals surface area contributed by atoms with Crippen molar-refractivity contribution in [3.63, 3.8) is 0 Å². The zero-order valence-electron chi connectivity index (χ0n) is 13.6. The molecule has 0 aromatic carbocycles. The molecule has 0 aliphatic heterocycles. The fraction of sp³-hybridized carbons (Fsp3) is 0.706. The number of ether oxygens (including phenoxy) is 1. The standard InChI is InChI=1S/C17H30N2O/c1-6-9-19-17(13(2)3)8-7-15-10-16(12-18-11-15)20-14(4)5/h10-14,17,19H,6-9H2,1-5H3. The van der Waals surface area contributed by atoms with Crippen molar-refractivity contribution in [3.05, 3.63) is 24.0 Å². The van der Waals surface area contributed by atoms with Crippen molar-refractivity contribution in [2.45, 2.75) is 66.0 Å². The topological polar surface area (TPSA) is 34.2 Å². The monoisotopic (exact) mass is 278 g/mol. The summed E-state index contributed by atoms with van der Waals surface area (Å²) < 4.78 is 5.70. The van der Waals surface area contributed by atoms with E-state index in [4.69, 9.17) is 4.74 Å². The maximum Gasteiger partial charge on any atom is 0.138 e. The van der Waals surface area contributed by atoms with Gasteiger partial charge in [-0.05, 0) is 57.2 Å². The van der Waals surface area contributed by atoms with Crippen LogP contribution in [-0.2, 0) is 6.42 Å². The number of pyridine rings is 1. The average Bonchev–Trinajstić information content (AvgIpc) is 2.38. The van der Waals surface area contributed by atoms with Gasteiger partial charge in [0.05, 0.1) is 12.3 Å². The molecule has 3 heteroatoms. The van der Waals surface area contributed by atoms with E-state index in [0.29, 0.717) is 12.0 Å². The van der Waals surface area contributed by atoms with E-state index in [1.165, 1.54) is 12.0 Å². The van der Waals surface area contributed by atoms with Crippen LogP contribution in [0.25, 0.3) is 0 Å². The van der Waals surface area contributed by atoms with Crippen LogP contribution in [0.4, 0.5) is 0 Å². The van der Waals surface area contributed by atoms with Gasteiger partial charge in [-0.3, -0.25) is 4.98 Å². The predicted molar refractivity (Wildman–Crippen MR) is 85.2 cm³/mol. The van der Waals surface area contributed by atoms with Crippen LogP contribution in [0.2, 0.25) is 0 Å². The lowest BCUT2D eigenvalue weighted by atomic mass is 9.97. The van der Waals surface area contributed by atoms with Gasteiger partial charge in [0.15, 0.2) is 0 Å². The van der Waals surface area contributed by atoms with E-state index in [1.807, 2.05) is 20.0 Å². The summed E-state index contributed by atoms with van der Waals surface area (Å²) in [5.74, 6) is 1.53. The van der Waals surface area contributed by atoms with Crippen molar-refractivity contribution < 1.29 is 4.74 Å². The highest BCUT2D eigenvalue weighted by Crippen LogP contribution is 2.16. The van der Waals surface area contributed by atoms with E-state index in [0.717, 1.165) is 25.1 Å². The molecule has 0 amide bonds. The van der Waals surface area contributed by atoms with Gasteiger partial charge in [0.2, 0.25) is 0 Å². The fourth-order valence-corrected chi connectivity index (χ4v) is 2.26. The Labute approximate surface area is 124 Å². The average molecular weight is 278 g/mol. The molecule has 1 rings (SSSR count). The van der Waals surface area contributed by atoms with Gasteiger partial charge in [-0.1, -0.05) is 20.8 Å². The molecule has 0 bridgehead atoms. The Balaban J connectivity index is 2.54. The van der Waals surface area contributed by atoms with Gasteiger partial charge in [0.25, 0.3) is 0 Å². The second-order valence-corrected chi connectivity index (χ2v) is 6.04. The smallest absolute Gasteiger partial charge is 0.138 e. The first-order valence-corrected chi connectivity index (χ1v) is 7.86. The fourth-order valence-electron chi connectivity index (χ4n) is 2.26. The lowest BCUT2D eigenvalue weighted by Crippen LogP contribution is -2.34. The summed E-state index contributed by atoms with van der Waals surface area (Å²) in [7, 11) is 0. The molecule has 0 saturated heterocycles. The van der Waals surface area contributed by atoms with Crippen molar-refractivity contribution >= 4 is 0 Å². The summed E-state index contributed by atoms with van der Waals surface area (Å²) in [5.41, 5.74) is 1.26. The Bertz CT molecular complexity index is 377. The third-order valence-electron chi connectivity index (χ3n) is 3.35. The van der Waals surface area contributed by atoms with Crippen LogP contribution in [0, 0.1) is 5.92 Å². The molecule has 114 valence electrons. The maximum atomic E-state index is 5.70. The zero-order valence-corrected chi connectivity index (χ0v) is 13.6. The molecule has 0 saturated carbocycles. The Kier molecular flexibility index (Phi) is 7.60. The third-order valence-corrected chi connectivity index (χ3v) is 3.35. The molecule has 0 fully saturated rings. The minimum Gasteiger partial charge on any atom is -0.489 e. The SMILES string of the molecule is CCCNC(CCc1cncc(OC(C)C)c1)C(C)C. The summed E-state index contributed by atoms with van der Waals surface area (Å²) in [6.45, 7) is 11.9. The summed E-state index contributed by atoms with van der Waals surface area (Å²) in [6.07, 6.45) is 7.31. The molecule has 0 radical (unpaired) electrons. The first kappa shape index (κ1) is 17.0. The Morgan fingerprint density at radius 1 is 1.20 bits per heavy atom. The first-order valence-electron chi connectivity index (χ1n) is 7.86. The molecule has 1 N–H and O–H groups in total. The van der Waals surface area contributed by atoms with Crippen LogP contribution in [0.3, 0.4) is 0 Å². The Morgan fingerprint density at radius 2 is 1.95 bits per heavy atom. The van der Waals surface area contributed by atoms with Gasteiger partial charge in [0, 0.05) is 12.2 Å². The first-order chi connectivity index (χ1) is 9.52. The van der Waals surface area contributed by atoms with Crippen molar-refractivity contribution in [1.82, 2.24) is 10.3 Å². The van der Waals surface area contributed by atoms with E-state index in [9.17, 15) is 0 Å². The van der Waals surface area contributed by atoms with Gasteiger partial charge in [-0.2, -0.15) is 0 Å². The lowest BCUT2D eigenvalue weighted by Gasteiger charge is -2.22. The van der Waals surface area contributed by atoms with Gasteiger partial charge in [-0.15, -0.1) is 0 Å². The molecule has 1 heterocycles.